The zero-order valence-electron chi connectivity index (χ0n) is 19.2. The molecule has 0 N–H and O–H groups in total. The predicted octanol–water partition coefficient (Wildman–Crippen LogP) is 5.23. The molecule has 0 atom stereocenters. The van der Waals surface area contributed by atoms with Crippen molar-refractivity contribution in [3.05, 3.63) is 41.5 Å². The molecule has 182 valence electrons. The lowest BCUT2D eigenvalue weighted by Gasteiger charge is -2.36. The molecule has 1 aliphatic carbocycles. The summed E-state index contributed by atoms with van der Waals surface area (Å²) < 4.78 is 37.3. The van der Waals surface area contributed by atoms with E-state index in [0.29, 0.717) is 25.9 Å². The van der Waals surface area contributed by atoms with Gasteiger partial charge in [0.25, 0.3) is 0 Å². The highest BCUT2D eigenvalue weighted by Crippen LogP contribution is 2.28. The van der Waals surface area contributed by atoms with Gasteiger partial charge in [-0.05, 0) is 44.1 Å². The van der Waals surface area contributed by atoms with Gasteiger partial charge in [0.05, 0.1) is 0 Å². The zero-order valence-corrected chi connectivity index (χ0v) is 19.2. The fourth-order valence-corrected chi connectivity index (χ4v) is 4.68. The van der Waals surface area contributed by atoms with Crippen LogP contribution in [0.2, 0.25) is 0 Å². The van der Waals surface area contributed by atoms with E-state index in [1.165, 1.54) is 6.42 Å². The molecule has 0 bridgehead atoms. The fraction of sp³-hybridized carbons (Fsp3) is 0.600. The Balaban J connectivity index is 1.61. The van der Waals surface area contributed by atoms with Crippen LogP contribution in [-0.2, 0) is 14.4 Å². The number of hydrogen-bond acceptors (Lipinski definition) is 4. The minimum atomic E-state index is -5.00. The van der Waals surface area contributed by atoms with Gasteiger partial charge in [0, 0.05) is 32.1 Å². The summed E-state index contributed by atoms with van der Waals surface area (Å²) in [5, 5.41) is 1.08. The highest BCUT2D eigenvalue weighted by atomic mass is 19.4. The van der Waals surface area contributed by atoms with Crippen LogP contribution < -0.4 is 0 Å². The highest BCUT2D eigenvalue weighted by Gasteiger charge is 2.43. The number of alkyl halides is 3. The van der Waals surface area contributed by atoms with Gasteiger partial charge in [-0.3, -0.25) is 4.79 Å². The van der Waals surface area contributed by atoms with Gasteiger partial charge >= 0.3 is 12.1 Å². The van der Waals surface area contributed by atoms with Gasteiger partial charge in [0.1, 0.15) is 0 Å². The molecule has 1 saturated carbocycles. The van der Waals surface area contributed by atoms with Crippen LogP contribution >= 0.6 is 0 Å². The summed E-state index contributed by atoms with van der Waals surface area (Å²) >= 11 is 0. The van der Waals surface area contributed by atoms with Crippen molar-refractivity contribution in [1.29, 1.82) is 0 Å². The van der Waals surface area contributed by atoms with Gasteiger partial charge in [-0.25, -0.2) is 4.79 Å². The van der Waals surface area contributed by atoms with Crippen molar-refractivity contribution in [2.45, 2.75) is 58.0 Å². The van der Waals surface area contributed by atoms with Crippen LogP contribution in [0.15, 0.2) is 35.9 Å². The molecule has 1 amide bonds. The summed E-state index contributed by atoms with van der Waals surface area (Å²) in [6, 6.07) is 9.96. The molecule has 1 heterocycles. The SMILES string of the molecule is CC(=Cc1ccccc1)CN(CC1CCN(OC(=O)C(F)(F)F)CC1)C(=O)C1CCCCC1. The van der Waals surface area contributed by atoms with Crippen molar-refractivity contribution >= 4 is 18.0 Å². The number of piperidine rings is 1. The molecule has 1 aliphatic heterocycles. The van der Waals surface area contributed by atoms with E-state index in [9.17, 15) is 22.8 Å². The Morgan fingerprint density at radius 3 is 2.30 bits per heavy atom. The maximum atomic E-state index is 13.4. The number of halogens is 3. The maximum absolute atomic E-state index is 13.4. The Hall–Kier alpha value is -2.35. The Morgan fingerprint density at radius 2 is 1.70 bits per heavy atom. The van der Waals surface area contributed by atoms with Crippen molar-refractivity contribution in [3.8, 4) is 0 Å². The summed E-state index contributed by atoms with van der Waals surface area (Å²) in [4.78, 5) is 30.9. The van der Waals surface area contributed by atoms with E-state index in [-0.39, 0.29) is 30.8 Å². The number of carbonyl (C=O) groups excluding carboxylic acids is 2. The highest BCUT2D eigenvalue weighted by molar-refractivity contribution is 5.79. The third kappa shape index (κ3) is 7.88. The van der Waals surface area contributed by atoms with Crippen LogP contribution in [-0.4, -0.2) is 54.2 Å². The molecular formula is C25H33F3N2O3. The van der Waals surface area contributed by atoms with Crippen LogP contribution in [0.25, 0.3) is 6.08 Å². The first-order valence-corrected chi connectivity index (χ1v) is 11.8. The second-order valence-corrected chi connectivity index (χ2v) is 9.20. The summed E-state index contributed by atoms with van der Waals surface area (Å²) in [5.74, 6) is -1.79. The summed E-state index contributed by atoms with van der Waals surface area (Å²) in [7, 11) is 0. The van der Waals surface area contributed by atoms with Crippen LogP contribution in [0, 0.1) is 11.8 Å². The van der Waals surface area contributed by atoms with Gasteiger partial charge in [-0.15, -0.1) is 5.06 Å². The third-order valence-corrected chi connectivity index (χ3v) is 6.41. The Bertz CT molecular complexity index is 812. The normalized spacial score (nSPS) is 19.3. The smallest absolute Gasteiger partial charge is 0.361 e. The third-order valence-electron chi connectivity index (χ3n) is 6.41. The quantitative estimate of drug-likeness (QED) is 0.552. The van der Waals surface area contributed by atoms with E-state index in [4.69, 9.17) is 0 Å². The van der Waals surface area contributed by atoms with Crippen LogP contribution in [0.4, 0.5) is 13.2 Å². The Morgan fingerprint density at radius 1 is 1.06 bits per heavy atom. The average molecular weight is 467 g/mol. The van der Waals surface area contributed by atoms with Crippen molar-refractivity contribution in [3.63, 3.8) is 0 Å². The first-order valence-electron chi connectivity index (χ1n) is 11.8. The topological polar surface area (TPSA) is 49.9 Å². The number of nitrogens with zero attached hydrogens (tertiary/aromatic N) is 2. The van der Waals surface area contributed by atoms with E-state index in [1.807, 2.05) is 42.2 Å². The number of amides is 1. The molecule has 1 aromatic carbocycles. The first kappa shape index (κ1) is 25.3. The van der Waals surface area contributed by atoms with Crippen molar-refractivity contribution in [2.75, 3.05) is 26.2 Å². The molecule has 5 nitrogen and oxygen atoms in total. The van der Waals surface area contributed by atoms with E-state index in [2.05, 4.69) is 10.9 Å². The molecule has 8 heteroatoms. The Kier molecular flexibility index (Phi) is 8.95. The second kappa shape index (κ2) is 11.7. The summed E-state index contributed by atoms with van der Waals surface area (Å²) in [5.41, 5.74) is 2.17. The first-order chi connectivity index (χ1) is 15.7. The monoisotopic (exact) mass is 466 g/mol. The molecule has 33 heavy (non-hydrogen) atoms. The summed E-state index contributed by atoms with van der Waals surface area (Å²) in [6.07, 6.45) is 3.39. The number of hydrogen-bond donors (Lipinski definition) is 0. The lowest BCUT2D eigenvalue weighted by Crippen LogP contribution is -2.45. The molecule has 1 saturated heterocycles. The molecule has 0 aromatic heterocycles. The lowest BCUT2D eigenvalue weighted by molar-refractivity contribution is -0.242. The number of benzene rings is 1. The zero-order chi connectivity index (χ0) is 23.8. The van der Waals surface area contributed by atoms with E-state index in [0.717, 1.165) is 41.9 Å². The van der Waals surface area contributed by atoms with Crippen molar-refractivity contribution in [1.82, 2.24) is 9.96 Å². The van der Waals surface area contributed by atoms with E-state index < -0.39 is 12.1 Å². The second-order valence-electron chi connectivity index (χ2n) is 9.20. The van der Waals surface area contributed by atoms with Gasteiger partial charge in [0.15, 0.2) is 0 Å². The van der Waals surface area contributed by atoms with E-state index in [1.54, 1.807) is 0 Å². The fourth-order valence-electron chi connectivity index (χ4n) is 4.68. The van der Waals surface area contributed by atoms with Crippen LogP contribution in [0.3, 0.4) is 0 Å². The summed E-state index contributed by atoms with van der Waals surface area (Å²) in [6.45, 7) is 3.59. The van der Waals surface area contributed by atoms with Crippen LogP contribution in [0.1, 0.15) is 57.4 Å². The van der Waals surface area contributed by atoms with Crippen molar-refractivity contribution < 1.29 is 27.6 Å². The molecule has 2 aliphatic rings. The van der Waals surface area contributed by atoms with Gasteiger partial charge < -0.3 is 9.74 Å². The molecule has 3 rings (SSSR count). The molecule has 1 aromatic rings. The minimum Gasteiger partial charge on any atom is -0.361 e. The number of hydroxylamine groups is 2. The number of rotatable bonds is 7. The standard InChI is InChI=1S/C25H33F3N2O3/c1-19(16-20-8-4-2-5-9-20)17-29(23(31)22-10-6-3-7-11-22)18-21-12-14-30(15-13-21)33-24(32)25(26,27)28/h2,4-5,8-9,16,21-22H,3,6-7,10-15,17-18H2,1H3. The average Bonchev–Trinajstić information content (AvgIpc) is 2.80. The molecule has 0 unspecified atom stereocenters. The molecule has 0 spiro atoms. The molecule has 0 radical (unpaired) electrons. The number of carbonyl (C=O) groups is 2. The minimum absolute atomic E-state index is 0.0519. The van der Waals surface area contributed by atoms with Gasteiger partial charge in [-0.1, -0.05) is 61.2 Å². The molecular weight excluding hydrogens is 433 g/mol. The predicted molar refractivity (Wildman–Crippen MR) is 120 cm³/mol. The largest absolute Gasteiger partial charge is 0.492 e. The van der Waals surface area contributed by atoms with Gasteiger partial charge in [0.2, 0.25) is 5.91 Å². The lowest BCUT2D eigenvalue weighted by atomic mass is 9.87. The van der Waals surface area contributed by atoms with Gasteiger partial charge in [-0.2, -0.15) is 13.2 Å². The van der Waals surface area contributed by atoms with E-state index >= 15 is 0 Å². The Labute approximate surface area is 193 Å². The van der Waals surface area contributed by atoms with Crippen molar-refractivity contribution in [2.24, 2.45) is 11.8 Å². The van der Waals surface area contributed by atoms with Crippen LogP contribution in [0.5, 0.6) is 0 Å². The maximum Gasteiger partial charge on any atom is 0.492 e. The molecule has 2 fully saturated rings.